The van der Waals surface area contributed by atoms with E-state index in [0.29, 0.717) is 16.7 Å². The Morgan fingerprint density at radius 3 is 2.36 bits per heavy atom. The van der Waals surface area contributed by atoms with Crippen molar-refractivity contribution in [3.8, 4) is 0 Å². The molecule has 0 saturated carbocycles. The Hall–Kier alpha value is -3.40. The highest BCUT2D eigenvalue weighted by atomic mass is 16.2. The van der Waals surface area contributed by atoms with Crippen LogP contribution < -0.4 is 10.6 Å². The summed E-state index contributed by atoms with van der Waals surface area (Å²) >= 11 is 0. The molecule has 0 saturated heterocycles. The molecule has 0 spiro atoms. The second-order valence-electron chi connectivity index (χ2n) is 6.01. The Balaban J connectivity index is 1.78. The SMILES string of the molecule is Cc1cccc2c(N/C=C3\C(=O)NC(=O)c4ccccc43)cccc12. The molecule has 25 heavy (non-hydrogen) atoms. The third-order valence-electron chi connectivity index (χ3n) is 4.45. The fourth-order valence-corrected chi connectivity index (χ4v) is 3.16. The van der Waals surface area contributed by atoms with Crippen LogP contribution in [0.1, 0.15) is 21.5 Å². The van der Waals surface area contributed by atoms with Crippen molar-refractivity contribution in [2.75, 3.05) is 5.32 Å². The van der Waals surface area contributed by atoms with Gasteiger partial charge in [0.05, 0.1) is 5.57 Å². The number of carbonyl (C=O) groups excluding carboxylic acids is 2. The fraction of sp³-hybridized carbons (Fsp3) is 0.0476. The van der Waals surface area contributed by atoms with Crippen molar-refractivity contribution in [1.82, 2.24) is 5.32 Å². The van der Waals surface area contributed by atoms with Gasteiger partial charge in [-0.05, 0) is 30.0 Å². The number of aryl methyl sites for hydroxylation is 1. The molecule has 0 aliphatic carbocycles. The van der Waals surface area contributed by atoms with Gasteiger partial charge in [-0.2, -0.15) is 0 Å². The van der Waals surface area contributed by atoms with Crippen LogP contribution in [0, 0.1) is 6.92 Å². The average Bonchev–Trinajstić information content (AvgIpc) is 2.62. The quantitative estimate of drug-likeness (QED) is 0.554. The normalized spacial score (nSPS) is 15.2. The Morgan fingerprint density at radius 2 is 1.52 bits per heavy atom. The van der Waals surface area contributed by atoms with E-state index in [1.807, 2.05) is 30.3 Å². The molecule has 0 aromatic heterocycles. The predicted molar refractivity (Wildman–Crippen MR) is 99.2 cm³/mol. The molecule has 1 aliphatic rings. The maximum Gasteiger partial charge on any atom is 0.260 e. The van der Waals surface area contributed by atoms with Crippen molar-refractivity contribution in [2.24, 2.45) is 0 Å². The van der Waals surface area contributed by atoms with Gasteiger partial charge in [0.2, 0.25) is 0 Å². The topological polar surface area (TPSA) is 58.2 Å². The third-order valence-corrected chi connectivity index (χ3v) is 4.45. The monoisotopic (exact) mass is 328 g/mol. The molecule has 1 aliphatic heterocycles. The molecular formula is C21H16N2O2. The van der Waals surface area contributed by atoms with Gasteiger partial charge in [0.15, 0.2) is 0 Å². The lowest BCUT2D eigenvalue weighted by Gasteiger charge is -2.18. The second kappa shape index (κ2) is 5.91. The highest BCUT2D eigenvalue weighted by molar-refractivity contribution is 6.31. The van der Waals surface area contributed by atoms with E-state index in [0.717, 1.165) is 16.5 Å². The van der Waals surface area contributed by atoms with Crippen molar-refractivity contribution in [3.63, 3.8) is 0 Å². The predicted octanol–water partition coefficient (Wildman–Crippen LogP) is 3.87. The summed E-state index contributed by atoms with van der Waals surface area (Å²) < 4.78 is 0. The second-order valence-corrected chi connectivity index (χ2v) is 6.01. The minimum atomic E-state index is -0.396. The van der Waals surface area contributed by atoms with E-state index in [2.05, 4.69) is 29.7 Å². The zero-order valence-electron chi connectivity index (χ0n) is 13.7. The van der Waals surface area contributed by atoms with Gasteiger partial charge >= 0.3 is 0 Å². The van der Waals surface area contributed by atoms with Gasteiger partial charge in [0.25, 0.3) is 11.8 Å². The molecule has 1 heterocycles. The summed E-state index contributed by atoms with van der Waals surface area (Å²) in [6, 6.07) is 19.3. The number of hydrogen-bond acceptors (Lipinski definition) is 3. The molecule has 4 heteroatoms. The molecule has 2 amide bonds. The molecule has 0 radical (unpaired) electrons. The number of nitrogens with one attached hydrogen (secondary N) is 2. The van der Waals surface area contributed by atoms with Crippen LogP contribution in [0.25, 0.3) is 16.3 Å². The lowest BCUT2D eigenvalue weighted by molar-refractivity contribution is -0.114. The molecule has 0 fully saturated rings. The van der Waals surface area contributed by atoms with Gasteiger partial charge in [-0.25, -0.2) is 0 Å². The van der Waals surface area contributed by atoms with Crippen molar-refractivity contribution in [1.29, 1.82) is 0 Å². The molecular weight excluding hydrogens is 312 g/mol. The number of amides is 2. The summed E-state index contributed by atoms with van der Waals surface area (Å²) in [6.07, 6.45) is 1.66. The van der Waals surface area contributed by atoms with E-state index in [-0.39, 0.29) is 5.91 Å². The first kappa shape index (κ1) is 15.1. The molecule has 0 unspecified atom stereocenters. The van der Waals surface area contributed by atoms with Crippen molar-refractivity contribution < 1.29 is 9.59 Å². The van der Waals surface area contributed by atoms with E-state index in [1.54, 1.807) is 24.4 Å². The third kappa shape index (κ3) is 2.58. The van der Waals surface area contributed by atoms with Crippen LogP contribution in [-0.2, 0) is 4.79 Å². The van der Waals surface area contributed by atoms with Crippen LogP contribution in [0.2, 0.25) is 0 Å². The average molecular weight is 328 g/mol. The van der Waals surface area contributed by atoms with Gasteiger partial charge < -0.3 is 5.32 Å². The van der Waals surface area contributed by atoms with E-state index >= 15 is 0 Å². The van der Waals surface area contributed by atoms with E-state index in [4.69, 9.17) is 0 Å². The first-order chi connectivity index (χ1) is 12.1. The Morgan fingerprint density at radius 1 is 0.800 bits per heavy atom. The summed E-state index contributed by atoms with van der Waals surface area (Å²) in [7, 11) is 0. The van der Waals surface area contributed by atoms with Crippen LogP contribution in [0.3, 0.4) is 0 Å². The summed E-state index contributed by atoms with van der Waals surface area (Å²) in [6.45, 7) is 2.07. The molecule has 0 atom stereocenters. The number of imide groups is 1. The molecule has 3 aromatic rings. The largest absolute Gasteiger partial charge is 0.360 e. The van der Waals surface area contributed by atoms with Gasteiger partial charge in [-0.15, -0.1) is 0 Å². The fourth-order valence-electron chi connectivity index (χ4n) is 3.16. The smallest absolute Gasteiger partial charge is 0.260 e. The van der Waals surface area contributed by atoms with Crippen molar-refractivity contribution in [2.45, 2.75) is 6.92 Å². The first-order valence-electron chi connectivity index (χ1n) is 8.05. The van der Waals surface area contributed by atoms with Crippen LogP contribution in [-0.4, -0.2) is 11.8 Å². The zero-order valence-corrected chi connectivity index (χ0v) is 13.7. The molecule has 3 aromatic carbocycles. The number of benzene rings is 3. The summed E-state index contributed by atoms with van der Waals surface area (Å²) in [5, 5.41) is 7.86. The molecule has 2 N–H and O–H groups in total. The summed E-state index contributed by atoms with van der Waals surface area (Å²) in [4.78, 5) is 24.2. The van der Waals surface area contributed by atoms with E-state index in [1.165, 1.54) is 5.56 Å². The first-order valence-corrected chi connectivity index (χ1v) is 8.05. The van der Waals surface area contributed by atoms with E-state index in [9.17, 15) is 9.59 Å². The minimum absolute atomic E-state index is 0.362. The number of hydrogen-bond donors (Lipinski definition) is 2. The summed E-state index contributed by atoms with van der Waals surface area (Å²) in [5.74, 6) is -0.758. The number of carbonyl (C=O) groups is 2. The molecule has 0 bridgehead atoms. The van der Waals surface area contributed by atoms with Crippen molar-refractivity contribution in [3.05, 3.63) is 83.6 Å². The molecule has 4 nitrogen and oxygen atoms in total. The van der Waals surface area contributed by atoms with Crippen LogP contribution >= 0.6 is 0 Å². The zero-order chi connectivity index (χ0) is 17.4. The number of rotatable bonds is 2. The minimum Gasteiger partial charge on any atom is -0.360 e. The maximum absolute atomic E-state index is 12.3. The number of fused-ring (bicyclic) bond motifs is 2. The lowest BCUT2D eigenvalue weighted by atomic mass is 9.95. The van der Waals surface area contributed by atoms with Crippen LogP contribution in [0.4, 0.5) is 5.69 Å². The maximum atomic E-state index is 12.3. The molecule has 4 rings (SSSR count). The van der Waals surface area contributed by atoms with E-state index < -0.39 is 5.91 Å². The number of anilines is 1. The Kier molecular flexibility index (Phi) is 3.58. The van der Waals surface area contributed by atoms with Gasteiger partial charge in [0, 0.05) is 28.4 Å². The van der Waals surface area contributed by atoms with Gasteiger partial charge in [-0.1, -0.05) is 48.5 Å². The van der Waals surface area contributed by atoms with Crippen molar-refractivity contribution >= 4 is 33.8 Å². The van der Waals surface area contributed by atoms with Gasteiger partial charge in [0.1, 0.15) is 0 Å². The van der Waals surface area contributed by atoms with Gasteiger partial charge in [-0.3, -0.25) is 14.9 Å². The summed E-state index contributed by atoms with van der Waals surface area (Å²) in [5.41, 5.74) is 3.69. The Bertz CT molecular complexity index is 1050. The lowest BCUT2D eigenvalue weighted by Crippen LogP contribution is -2.36. The molecule has 122 valence electrons. The Labute approximate surface area is 145 Å². The highest BCUT2D eigenvalue weighted by Crippen LogP contribution is 2.28. The standard InChI is InChI=1S/C21H16N2O2/c1-13-6-4-10-16-14(13)9-5-11-19(16)22-12-18-15-7-2-3-8-17(15)20(24)23-21(18)25/h2-12,22H,1H3,(H,23,24,25)/b18-12-. The van der Waals surface area contributed by atoms with Crippen LogP contribution in [0.15, 0.2) is 66.9 Å². The highest BCUT2D eigenvalue weighted by Gasteiger charge is 2.26. The van der Waals surface area contributed by atoms with Crippen LogP contribution in [0.5, 0.6) is 0 Å².